The maximum absolute atomic E-state index is 5.23. The fourth-order valence-corrected chi connectivity index (χ4v) is 2.24. The van der Waals surface area contributed by atoms with Gasteiger partial charge in [-0.25, -0.2) is 0 Å². The van der Waals surface area contributed by atoms with Crippen molar-refractivity contribution in [1.29, 1.82) is 0 Å². The molecule has 0 heterocycles. The number of benzene rings is 1. The highest BCUT2D eigenvalue weighted by molar-refractivity contribution is 9.11. The summed E-state index contributed by atoms with van der Waals surface area (Å²) in [7, 11) is 1.68. The molecule has 1 aromatic rings. The lowest BCUT2D eigenvalue weighted by Gasteiger charge is -2.10. The highest BCUT2D eigenvalue weighted by Gasteiger charge is 2.09. The predicted octanol–water partition coefficient (Wildman–Crippen LogP) is 3.84. The number of hydrogen-bond donors (Lipinski definition) is 0. The number of rotatable bonds is 1. The van der Waals surface area contributed by atoms with Crippen LogP contribution in [0.4, 0.5) is 0 Å². The summed E-state index contributed by atoms with van der Waals surface area (Å²) < 4.78 is 7.35. The Bertz CT molecular complexity index is 308. The first-order valence-electron chi connectivity index (χ1n) is 3.57. The van der Waals surface area contributed by atoms with Crippen LogP contribution in [0.1, 0.15) is 11.1 Å². The quantitative estimate of drug-likeness (QED) is 0.764. The summed E-state index contributed by atoms with van der Waals surface area (Å²) in [5.74, 6) is 0.896. The first-order chi connectivity index (χ1) is 5.57. The van der Waals surface area contributed by atoms with Gasteiger partial charge in [0, 0.05) is 10.0 Å². The molecule has 0 bridgehead atoms. The summed E-state index contributed by atoms with van der Waals surface area (Å²) in [4.78, 5) is 0. The highest BCUT2D eigenvalue weighted by atomic mass is 79.9. The third kappa shape index (κ3) is 1.67. The van der Waals surface area contributed by atoms with Gasteiger partial charge in [-0.1, -0.05) is 15.9 Å². The minimum atomic E-state index is 0.896. The van der Waals surface area contributed by atoms with Crippen LogP contribution in [0.5, 0.6) is 5.75 Å². The third-order valence-electron chi connectivity index (χ3n) is 1.78. The summed E-state index contributed by atoms with van der Waals surface area (Å²) in [5, 5.41) is 0. The van der Waals surface area contributed by atoms with Crippen LogP contribution in [0.3, 0.4) is 0 Å². The van der Waals surface area contributed by atoms with Crippen molar-refractivity contribution < 1.29 is 4.74 Å². The first kappa shape index (κ1) is 10.1. The average molecular weight is 294 g/mol. The SMILES string of the molecule is COc1c(Br)cc(C)c(Br)c1C. The van der Waals surface area contributed by atoms with Gasteiger partial charge in [-0.15, -0.1) is 0 Å². The Morgan fingerprint density at radius 1 is 1.25 bits per heavy atom. The van der Waals surface area contributed by atoms with E-state index < -0.39 is 0 Å². The molecule has 0 spiro atoms. The van der Waals surface area contributed by atoms with Gasteiger partial charge in [-0.05, 0) is 41.4 Å². The molecule has 0 radical (unpaired) electrons. The van der Waals surface area contributed by atoms with Crippen molar-refractivity contribution in [1.82, 2.24) is 0 Å². The van der Waals surface area contributed by atoms with Crippen LogP contribution in [0.15, 0.2) is 15.0 Å². The molecule has 0 N–H and O–H groups in total. The van der Waals surface area contributed by atoms with Crippen molar-refractivity contribution in [3.8, 4) is 5.75 Å². The number of halogens is 2. The standard InChI is InChI=1S/C9H10Br2O/c1-5-4-7(10)9(12-3)6(2)8(5)11/h4H,1-3H3. The molecule has 3 heteroatoms. The van der Waals surface area contributed by atoms with Crippen molar-refractivity contribution >= 4 is 31.9 Å². The van der Waals surface area contributed by atoms with Gasteiger partial charge in [0.15, 0.2) is 0 Å². The van der Waals surface area contributed by atoms with Crippen LogP contribution in [-0.4, -0.2) is 7.11 Å². The van der Waals surface area contributed by atoms with Gasteiger partial charge in [0.2, 0.25) is 0 Å². The van der Waals surface area contributed by atoms with Crippen molar-refractivity contribution in [2.24, 2.45) is 0 Å². The molecule has 0 fully saturated rings. The lowest BCUT2D eigenvalue weighted by atomic mass is 10.1. The van der Waals surface area contributed by atoms with E-state index in [0.717, 1.165) is 20.3 Å². The summed E-state index contributed by atoms with van der Waals surface area (Å²) in [6, 6.07) is 2.04. The van der Waals surface area contributed by atoms with Crippen LogP contribution < -0.4 is 4.74 Å². The highest BCUT2D eigenvalue weighted by Crippen LogP contribution is 2.35. The zero-order valence-corrected chi connectivity index (χ0v) is 10.4. The van der Waals surface area contributed by atoms with Gasteiger partial charge >= 0.3 is 0 Å². The van der Waals surface area contributed by atoms with E-state index in [2.05, 4.69) is 38.8 Å². The Hall–Kier alpha value is -0.0200. The molecule has 1 rings (SSSR count). The van der Waals surface area contributed by atoms with Crippen molar-refractivity contribution in [3.05, 3.63) is 26.1 Å². The zero-order chi connectivity index (χ0) is 9.30. The normalized spacial score (nSPS) is 10.1. The maximum Gasteiger partial charge on any atom is 0.137 e. The molecule has 66 valence electrons. The fourth-order valence-electron chi connectivity index (χ4n) is 1.14. The number of aryl methyl sites for hydroxylation is 1. The topological polar surface area (TPSA) is 9.23 Å². The lowest BCUT2D eigenvalue weighted by molar-refractivity contribution is 0.408. The molecule has 0 amide bonds. The van der Waals surface area contributed by atoms with Crippen LogP contribution in [0.25, 0.3) is 0 Å². The predicted molar refractivity (Wildman–Crippen MR) is 57.9 cm³/mol. The molecule has 12 heavy (non-hydrogen) atoms. The van der Waals surface area contributed by atoms with Crippen molar-refractivity contribution in [3.63, 3.8) is 0 Å². The van der Waals surface area contributed by atoms with Crippen molar-refractivity contribution in [2.45, 2.75) is 13.8 Å². The average Bonchev–Trinajstić information content (AvgIpc) is 2.01. The van der Waals surface area contributed by atoms with Crippen LogP contribution in [0, 0.1) is 13.8 Å². The van der Waals surface area contributed by atoms with E-state index in [-0.39, 0.29) is 0 Å². The number of hydrogen-bond acceptors (Lipinski definition) is 1. The Balaban J connectivity index is 3.40. The molecule has 0 aliphatic carbocycles. The van der Waals surface area contributed by atoms with Crippen LogP contribution >= 0.6 is 31.9 Å². The van der Waals surface area contributed by atoms with Gasteiger partial charge in [0.1, 0.15) is 5.75 Å². The largest absolute Gasteiger partial charge is 0.495 e. The second-order valence-electron chi connectivity index (χ2n) is 2.65. The Morgan fingerprint density at radius 3 is 2.33 bits per heavy atom. The van der Waals surface area contributed by atoms with Crippen molar-refractivity contribution in [2.75, 3.05) is 7.11 Å². The molecule has 0 aromatic heterocycles. The number of ether oxygens (including phenoxy) is 1. The number of methoxy groups -OCH3 is 1. The van der Waals surface area contributed by atoms with Gasteiger partial charge < -0.3 is 4.74 Å². The molecular formula is C9H10Br2O. The fraction of sp³-hybridized carbons (Fsp3) is 0.333. The molecule has 0 saturated carbocycles. The molecule has 0 aliphatic heterocycles. The Kier molecular flexibility index (Phi) is 3.18. The minimum absolute atomic E-state index is 0.896. The van der Waals surface area contributed by atoms with E-state index in [9.17, 15) is 0 Å². The summed E-state index contributed by atoms with van der Waals surface area (Å²) in [6.45, 7) is 4.09. The molecule has 1 nitrogen and oxygen atoms in total. The minimum Gasteiger partial charge on any atom is -0.495 e. The van der Waals surface area contributed by atoms with Crippen LogP contribution in [-0.2, 0) is 0 Å². The van der Waals surface area contributed by atoms with Gasteiger partial charge in [0.05, 0.1) is 11.6 Å². The second-order valence-corrected chi connectivity index (χ2v) is 4.29. The molecule has 0 atom stereocenters. The van der Waals surface area contributed by atoms with E-state index in [1.165, 1.54) is 5.56 Å². The van der Waals surface area contributed by atoms with Gasteiger partial charge in [0.25, 0.3) is 0 Å². The van der Waals surface area contributed by atoms with E-state index in [0.29, 0.717) is 0 Å². The summed E-state index contributed by atoms with van der Waals surface area (Å²) in [6.07, 6.45) is 0. The Labute approximate surface area is 89.4 Å². The van der Waals surface area contributed by atoms with E-state index in [4.69, 9.17) is 4.74 Å². The van der Waals surface area contributed by atoms with Gasteiger partial charge in [-0.2, -0.15) is 0 Å². The van der Waals surface area contributed by atoms with Crippen LogP contribution in [0.2, 0.25) is 0 Å². The van der Waals surface area contributed by atoms with E-state index >= 15 is 0 Å². The second kappa shape index (κ2) is 3.79. The summed E-state index contributed by atoms with van der Waals surface area (Å²) >= 11 is 6.95. The zero-order valence-electron chi connectivity index (χ0n) is 7.24. The summed E-state index contributed by atoms with van der Waals surface area (Å²) in [5.41, 5.74) is 2.34. The maximum atomic E-state index is 5.23. The first-order valence-corrected chi connectivity index (χ1v) is 5.15. The molecule has 1 aromatic carbocycles. The molecule has 0 aliphatic rings. The van der Waals surface area contributed by atoms with E-state index in [1.807, 2.05) is 13.0 Å². The van der Waals surface area contributed by atoms with Gasteiger partial charge in [-0.3, -0.25) is 0 Å². The van der Waals surface area contributed by atoms with E-state index in [1.54, 1.807) is 7.11 Å². The lowest BCUT2D eigenvalue weighted by Crippen LogP contribution is -1.91. The smallest absolute Gasteiger partial charge is 0.137 e. The molecule has 0 unspecified atom stereocenters. The molecular weight excluding hydrogens is 284 g/mol. The third-order valence-corrected chi connectivity index (χ3v) is 3.59. The Morgan fingerprint density at radius 2 is 1.83 bits per heavy atom. The molecule has 0 saturated heterocycles. The monoisotopic (exact) mass is 292 g/mol.